The molecule has 9 heteroatoms. The molecule has 9 nitrogen and oxygen atoms in total. The Hall–Kier alpha value is -0.360. The fourth-order valence-electron chi connectivity index (χ4n) is 2.09. The second-order valence-corrected chi connectivity index (χ2v) is 4.57. The molecule has 0 aliphatic carbocycles. The van der Waals surface area contributed by atoms with Gasteiger partial charge in [0.1, 0.15) is 17.0 Å². The summed E-state index contributed by atoms with van der Waals surface area (Å²) in [4.78, 5) is 0. The molecule has 9 N–H and O–H groups in total. The van der Waals surface area contributed by atoms with Crippen LogP contribution in [0.15, 0.2) is 0 Å². The standard InChI is InChI=1S/C9H21N3O6/c13-1-7(2-14)10-8(3-15,4-16)12-9(5-17,6-18)11-7/h10-18H,1-6H2. The zero-order valence-electron chi connectivity index (χ0n) is 9.93. The van der Waals surface area contributed by atoms with Crippen LogP contribution in [0.2, 0.25) is 0 Å². The third-order valence-corrected chi connectivity index (χ3v) is 3.06. The normalized spacial score (nSPS) is 25.0. The highest BCUT2D eigenvalue weighted by Gasteiger charge is 2.52. The number of rotatable bonds is 6. The maximum absolute atomic E-state index is 9.35. The summed E-state index contributed by atoms with van der Waals surface area (Å²) < 4.78 is 0. The first-order valence-electron chi connectivity index (χ1n) is 5.52. The van der Waals surface area contributed by atoms with Gasteiger partial charge in [-0.15, -0.1) is 0 Å². The number of hydrogen-bond donors (Lipinski definition) is 9. The number of nitrogens with one attached hydrogen (secondary N) is 3. The highest BCUT2D eigenvalue weighted by molar-refractivity contribution is 5.08. The lowest BCUT2D eigenvalue weighted by Crippen LogP contribution is -2.90. The van der Waals surface area contributed by atoms with Crippen LogP contribution in [-0.2, 0) is 0 Å². The molecule has 0 amide bonds. The van der Waals surface area contributed by atoms with Crippen molar-refractivity contribution in [2.45, 2.75) is 17.0 Å². The molecular formula is C9H21N3O6. The average molecular weight is 267 g/mol. The van der Waals surface area contributed by atoms with Gasteiger partial charge in [-0.1, -0.05) is 0 Å². The summed E-state index contributed by atoms with van der Waals surface area (Å²) in [5, 5.41) is 64.1. The van der Waals surface area contributed by atoms with E-state index in [1.807, 2.05) is 0 Å². The molecule has 0 aromatic carbocycles. The Morgan fingerprint density at radius 1 is 0.444 bits per heavy atom. The van der Waals surface area contributed by atoms with Crippen LogP contribution in [-0.4, -0.2) is 87.3 Å². The Morgan fingerprint density at radius 2 is 0.611 bits per heavy atom. The Balaban J connectivity index is 3.13. The molecule has 0 unspecified atom stereocenters. The molecule has 108 valence electrons. The molecule has 1 aliphatic rings. The van der Waals surface area contributed by atoms with Crippen molar-refractivity contribution in [1.82, 2.24) is 16.0 Å². The van der Waals surface area contributed by atoms with E-state index in [-0.39, 0.29) is 0 Å². The first kappa shape index (κ1) is 15.7. The van der Waals surface area contributed by atoms with Gasteiger partial charge in [0.25, 0.3) is 0 Å². The Kier molecular flexibility index (Phi) is 5.00. The Morgan fingerprint density at radius 3 is 0.722 bits per heavy atom. The van der Waals surface area contributed by atoms with E-state index in [4.69, 9.17) is 0 Å². The van der Waals surface area contributed by atoms with Crippen molar-refractivity contribution < 1.29 is 30.6 Å². The van der Waals surface area contributed by atoms with Crippen LogP contribution in [0.25, 0.3) is 0 Å². The van der Waals surface area contributed by atoms with Crippen molar-refractivity contribution in [3.05, 3.63) is 0 Å². The average Bonchev–Trinajstić information content (AvgIpc) is 2.46. The fraction of sp³-hybridized carbons (Fsp3) is 1.00. The van der Waals surface area contributed by atoms with E-state index in [0.717, 1.165) is 0 Å². The number of hydrogen-bond acceptors (Lipinski definition) is 9. The van der Waals surface area contributed by atoms with Crippen molar-refractivity contribution in [2.75, 3.05) is 39.6 Å². The van der Waals surface area contributed by atoms with Crippen molar-refractivity contribution in [1.29, 1.82) is 0 Å². The van der Waals surface area contributed by atoms with Crippen LogP contribution < -0.4 is 16.0 Å². The summed E-state index contributed by atoms with van der Waals surface area (Å²) in [7, 11) is 0. The highest BCUT2D eigenvalue weighted by Crippen LogP contribution is 2.20. The number of aliphatic hydroxyl groups excluding tert-OH is 6. The molecule has 1 aliphatic heterocycles. The summed E-state index contributed by atoms with van der Waals surface area (Å²) in [6.07, 6.45) is 0. The van der Waals surface area contributed by atoms with Crippen LogP contribution in [0.5, 0.6) is 0 Å². The molecule has 0 atom stereocenters. The second kappa shape index (κ2) is 5.74. The minimum atomic E-state index is -1.46. The second-order valence-electron chi connectivity index (χ2n) is 4.57. The van der Waals surface area contributed by atoms with Gasteiger partial charge in [0.15, 0.2) is 0 Å². The molecule has 0 radical (unpaired) electrons. The van der Waals surface area contributed by atoms with E-state index in [9.17, 15) is 30.6 Å². The van der Waals surface area contributed by atoms with Gasteiger partial charge in [-0.3, -0.25) is 16.0 Å². The van der Waals surface area contributed by atoms with Crippen LogP contribution >= 0.6 is 0 Å². The van der Waals surface area contributed by atoms with Crippen LogP contribution in [0, 0.1) is 0 Å². The van der Waals surface area contributed by atoms with Gasteiger partial charge in [-0.25, -0.2) is 0 Å². The fourth-order valence-corrected chi connectivity index (χ4v) is 2.09. The van der Waals surface area contributed by atoms with E-state index >= 15 is 0 Å². The van der Waals surface area contributed by atoms with Crippen LogP contribution in [0.3, 0.4) is 0 Å². The Bertz CT molecular complexity index is 210. The van der Waals surface area contributed by atoms with Gasteiger partial charge >= 0.3 is 0 Å². The first-order chi connectivity index (χ1) is 8.49. The zero-order valence-corrected chi connectivity index (χ0v) is 9.93. The SMILES string of the molecule is OCC1(CO)NC(CO)(CO)NC(CO)(CO)N1. The summed E-state index contributed by atoms with van der Waals surface area (Å²) in [5.41, 5.74) is -4.37. The zero-order chi connectivity index (χ0) is 13.9. The van der Waals surface area contributed by atoms with Crippen molar-refractivity contribution >= 4 is 0 Å². The lowest BCUT2D eigenvalue weighted by molar-refractivity contribution is -0.117. The summed E-state index contributed by atoms with van der Waals surface area (Å²) in [6, 6.07) is 0. The van der Waals surface area contributed by atoms with E-state index in [1.165, 1.54) is 0 Å². The lowest BCUT2D eigenvalue weighted by Gasteiger charge is -2.55. The van der Waals surface area contributed by atoms with Crippen LogP contribution in [0.1, 0.15) is 0 Å². The first-order valence-corrected chi connectivity index (χ1v) is 5.52. The molecule has 0 aromatic rings. The maximum Gasteiger partial charge on any atom is 0.119 e. The monoisotopic (exact) mass is 267 g/mol. The molecule has 0 saturated carbocycles. The lowest BCUT2D eigenvalue weighted by atomic mass is 9.96. The minimum Gasteiger partial charge on any atom is -0.393 e. The van der Waals surface area contributed by atoms with E-state index < -0.39 is 56.6 Å². The third-order valence-electron chi connectivity index (χ3n) is 3.06. The minimum absolute atomic E-state index is 0.575. The van der Waals surface area contributed by atoms with E-state index in [2.05, 4.69) is 16.0 Å². The summed E-state index contributed by atoms with van der Waals surface area (Å²) in [5.74, 6) is 0. The quantitative estimate of drug-likeness (QED) is 0.229. The van der Waals surface area contributed by atoms with E-state index in [0.29, 0.717) is 0 Å². The highest BCUT2D eigenvalue weighted by atomic mass is 16.3. The van der Waals surface area contributed by atoms with Gasteiger partial charge in [0, 0.05) is 0 Å². The topological polar surface area (TPSA) is 157 Å². The molecule has 1 rings (SSSR count). The van der Waals surface area contributed by atoms with Gasteiger partial charge in [-0.2, -0.15) is 0 Å². The third kappa shape index (κ3) is 2.64. The smallest absolute Gasteiger partial charge is 0.119 e. The van der Waals surface area contributed by atoms with Gasteiger partial charge in [-0.05, 0) is 0 Å². The molecule has 1 heterocycles. The van der Waals surface area contributed by atoms with Crippen molar-refractivity contribution in [3.63, 3.8) is 0 Å². The molecule has 18 heavy (non-hydrogen) atoms. The predicted octanol–water partition coefficient (Wildman–Crippen LogP) is -5.19. The van der Waals surface area contributed by atoms with Crippen LogP contribution in [0.4, 0.5) is 0 Å². The number of aliphatic hydroxyl groups is 6. The maximum atomic E-state index is 9.35. The molecule has 0 spiro atoms. The molecule has 1 saturated heterocycles. The van der Waals surface area contributed by atoms with Gasteiger partial charge in [0.2, 0.25) is 0 Å². The summed E-state index contributed by atoms with van der Waals surface area (Å²) in [6.45, 7) is -3.45. The largest absolute Gasteiger partial charge is 0.393 e. The van der Waals surface area contributed by atoms with Gasteiger partial charge < -0.3 is 30.6 Å². The molecule has 0 bridgehead atoms. The van der Waals surface area contributed by atoms with Crippen molar-refractivity contribution in [3.8, 4) is 0 Å². The van der Waals surface area contributed by atoms with Gasteiger partial charge in [0.05, 0.1) is 39.6 Å². The Labute approximate surface area is 104 Å². The molecular weight excluding hydrogens is 246 g/mol. The van der Waals surface area contributed by atoms with Crippen molar-refractivity contribution in [2.24, 2.45) is 0 Å². The van der Waals surface area contributed by atoms with E-state index in [1.54, 1.807) is 0 Å². The predicted molar refractivity (Wildman–Crippen MR) is 60.1 cm³/mol. The molecule has 0 aromatic heterocycles. The summed E-state index contributed by atoms with van der Waals surface area (Å²) >= 11 is 0. The molecule has 1 fully saturated rings.